The fourth-order valence-corrected chi connectivity index (χ4v) is 1.66. The highest BCUT2D eigenvalue weighted by Gasteiger charge is 1.98. The summed E-state index contributed by atoms with van der Waals surface area (Å²) in [6, 6.07) is 8.31. The van der Waals surface area contributed by atoms with E-state index >= 15 is 0 Å². The average molecular weight is 205 g/mol. The lowest BCUT2D eigenvalue weighted by molar-refractivity contribution is 1.11. The summed E-state index contributed by atoms with van der Waals surface area (Å²) >= 11 is 1.38. The maximum atomic E-state index is 4.06. The molecule has 1 aromatic heterocycles. The van der Waals surface area contributed by atoms with Crippen LogP contribution >= 0.6 is 11.5 Å². The zero-order valence-corrected chi connectivity index (χ0v) is 8.71. The van der Waals surface area contributed by atoms with Gasteiger partial charge in [0.15, 0.2) is 0 Å². The number of rotatable bonds is 3. The summed E-state index contributed by atoms with van der Waals surface area (Å²) in [6.45, 7) is 2.92. The zero-order valence-electron chi connectivity index (χ0n) is 7.90. The van der Waals surface area contributed by atoms with Crippen LogP contribution in [0.3, 0.4) is 0 Å². The maximum Gasteiger partial charge on any atom is 0.202 e. The van der Waals surface area contributed by atoms with Crippen LogP contribution in [0.15, 0.2) is 30.6 Å². The normalized spacial score (nSPS) is 10.1. The van der Waals surface area contributed by atoms with Gasteiger partial charge in [0.25, 0.3) is 0 Å². The molecule has 72 valence electrons. The van der Waals surface area contributed by atoms with Gasteiger partial charge in [-0.05, 0) is 18.1 Å². The molecule has 0 spiro atoms. The van der Waals surface area contributed by atoms with Crippen molar-refractivity contribution in [2.24, 2.45) is 0 Å². The van der Waals surface area contributed by atoms with Gasteiger partial charge in [0, 0.05) is 18.1 Å². The topological polar surface area (TPSA) is 37.8 Å². The second-order valence-corrected chi connectivity index (χ2v) is 3.81. The monoisotopic (exact) mass is 205 g/mol. The SMILES string of the molecule is Cc1ccccc1CNc1ncns1. The third-order valence-electron chi connectivity index (χ3n) is 2.05. The molecule has 1 aromatic carbocycles. The van der Waals surface area contributed by atoms with E-state index in [9.17, 15) is 0 Å². The summed E-state index contributed by atoms with van der Waals surface area (Å²) < 4.78 is 3.92. The van der Waals surface area contributed by atoms with Crippen molar-refractivity contribution in [1.82, 2.24) is 9.36 Å². The Morgan fingerprint density at radius 1 is 1.36 bits per heavy atom. The number of aryl methyl sites for hydroxylation is 1. The van der Waals surface area contributed by atoms with Gasteiger partial charge in [-0.1, -0.05) is 24.3 Å². The molecular formula is C10H11N3S. The van der Waals surface area contributed by atoms with E-state index < -0.39 is 0 Å². The standard InChI is InChI=1S/C10H11N3S/c1-8-4-2-3-5-9(8)6-11-10-12-7-13-14-10/h2-5,7H,6H2,1H3,(H,11,12,13). The Balaban J connectivity index is 2.02. The highest BCUT2D eigenvalue weighted by molar-refractivity contribution is 7.09. The van der Waals surface area contributed by atoms with Crippen molar-refractivity contribution in [3.8, 4) is 0 Å². The molecule has 0 aliphatic heterocycles. The van der Waals surface area contributed by atoms with Crippen LogP contribution in [0.5, 0.6) is 0 Å². The Bertz CT molecular complexity index is 398. The molecule has 0 saturated carbocycles. The van der Waals surface area contributed by atoms with Crippen LogP contribution in [0.25, 0.3) is 0 Å². The van der Waals surface area contributed by atoms with Crippen molar-refractivity contribution in [3.05, 3.63) is 41.7 Å². The second kappa shape index (κ2) is 4.19. The van der Waals surface area contributed by atoms with Gasteiger partial charge in [0.2, 0.25) is 5.13 Å². The first-order chi connectivity index (χ1) is 6.86. The highest BCUT2D eigenvalue weighted by atomic mass is 32.1. The fourth-order valence-electron chi connectivity index (χ4n) is 1.23. The first-order valence-electron chi connectivity index (χ1n) is 4.41. The van der Waals surface area contributed by atoms with Gasteiger partial charge >= 0.3 is 0 Å². The van der Waals surface area contributed by atoms with E-state index in [1.807, 2.05) is 12.1 Å². The summed E-state index contributed by atoms with van der Waals surface area (Å²) in [5, 5.41) is 4.10. The summed E-state index contributed by atoms with van der Waals surface area (Å²) in [4.78, 5) is 4.06. The minimum atomic E-state index is 0.807. The molecule has 0 aliphatic rings. The molecule has 4 heteroatoms. The quantitative estimate of drug-likeness (QED) is 0.836. The molecule has 14 heavy (non-hydrogen) atoms. The Morgan fingerprint density at radius 2 is 2.21 bits per heavy atom. The van der Waals surface area contributed by atoms with E-state index in [1.54, 1.807) is 6.33 Å². The average Bonchev–Trinajstić information content (AvgIpc) is 2.69. The van der Waals surface area contributed by atoms with Crippen molar-refractivity contribution in [1.29, 1.82) is 0 Å². The molecule has 0 amide bonds. The molecule has 0 unspecified atom stereocenters. The van der Waals surface area contributed by atoms with Crippen LogP contribution < -0.4 is 5.32 Å². The zero-order chi connectivity index (χ0) is 9.80. The lowest BCUT2D eigenvalue weighted by Crippen LogP contribution is -2.00. The van der Waals surface area contributed by atoms with E-state index in [0.29, 0.717) is 0 Å². The predicted octanol–water partition coefficient (Wildman–Crippen LogP) is 2.46. The summed E-state index contributed by atoms with van der Waals surface area (Å²) in [7, 11) is 0. The smallest absolute Gasteiger partial charge is 0.202 e. The number of hydrogen-bond acceptors (Lipinski definition) is 4. The molecule has 0 radical (unpaired) electrons. The van der Waals surface area contributed by atoms with Crippen molar-refractivity contribution >= 4 is 16.7 Å². The van der Waals surface area contributed by atoms with E-state index in [0.717, 1.165) is 11.7 Å². The van der Waals surface area contributed by atoms with Crippen molar-refractivity contribution < 1.29 is 0 Å². The van der Waals surface area contributed by atoms with Gasteiger partial charge in [0.05, 0.1) is 0 Å². The van der Waals surface area contributed by atoms with E-state index in [4.69, 9.17) is 0 Å². The Hall–Kier alpha value is -1.42. The number of aromatic nitrogens is 2. The van der Waals surface area contributed by atoms with Gasteiger partial charge in [0.1, 0.15) is 6.33 Å². The number of hydrogen-bond donors (Lipinski definition) is 1. The maximum absolute atomic E-state index is 4.06. The molecule has 1 heterocycles. The van der Waals surface area contributed by atoms with Crippen LogP contribution in [-0.4, -0.2) is 9.36 Å². The van der Waals surface area contributed by atoms with E-state index in [2.05, 4.69) is 33.7 Å². The van der Waals surface area contributed by atoms with Crippen LogP contribution in [0.4, 0.5) is 5.13 Å². The van der Waals surface area contributed by atoms with Crippen molar-refractivity contribution in [2.75, 3.05) is 5.32 Å². The molecule has 0 bridgehead atoms. The molecule has 3 nitrogen and oxygen atoms in total. The largest absolute Gasteiger partial charge is 0.356 e. The van der Waals surface area contributed by atoms with Crippen LogP contribution in [0.1, 0.15) is 11.1 Å². The van der Waals surface area contributed by atoms with E-state index in [-0.39, 0.29) is 0 Å². The van der Waals surface area contributed by atoms with Gasteiger partial charge in [-0.2, -0.15) is 4.37 Å². The van der Waals surface area contributed by atoms with Crippen LogP contribution in [-0.2, 0) is 6.54 Å². The van der Waals surface area contributed by atoms with Gasteiger partial charge < -0.3 is 5.32 Å². The number of anilines is 1. The molecular weight excluding hydrogens is 194 g/mol. The predicted molar refractivity (Wildman–Crippen MR) is 58.4 cm³/mol. The minimum absolute atomic E-state index is 0.807. The molecule has 0 atom stereocenters. The third kappa shape index (κ3) is 2.09. The number of nitrogens with one attached hydrogen (secondary N) is 1. The molecule has 0 fully saturated rings. The summed E-state index contributed by atoms with van der Waals surface area (Å²) in [6.07, 6.45) is 1.56. The van der Waals surface area contributed by atoms with Crippen molar-refractivity contribution in [2.45, 2.75) is 13.5 Å². The number of nitrogens with zero attached hydrogens (tertiary/aromatic N) is 2. The lowest BCUT2D eigenvalue weighted by atomic mass is 10.1. The second-order valence-electron chi connectivity index (χ2n) is 3.03. The third-order valence-corrected chi connectivity index (χ3v) is 2.67. The number of benzene rings is 1. The van der Waals surface area contributed by atoms with Gasteiger partial charge in [-0.25, -0.2) is 4.98 Å². The highest BCUT2D eigenvalue weighted by Crippen LogP contribution is 2.11. The summed E-state index contributed by atoms with van der Waals surface area (Å²) in [5.41, 5.74) is 2.59. The fraction of sp³-hybridized carbons (Fsp3) is 0.200. The lowest BCUT2D eigenvalue weighted by Gasteiger charge is -2.05. The first-order valence-corrected chi connectivity index (χ1v) is 5.18. The van der Waals surface area contributed by atoms with Crippen LogP contribution in [0, 0.1) is 6.92 Å². The molecule has 1 N–H and O–H groups in total. The van der Waals surface area contributed by atoms with Crippen LogP contribution in [0.2, 0.25) is 0 Å². The Labute approximate surface area is 87.0 Å². The Kier molecular flexibility index (Phi) is 2.74. The molecule has 0 saturated heterocycles. The first kappa shape index (κ1) is 9.15. The molecule has 2 rings (SSSR count). The van der Waals surface area contributed by atoms with Crippen molar-refractivity contribution in [3.63, 3.8) is 0 Å². The molecule has 2 aromatic rings. The van der Waals surface area contributed by atoms with Gasteiger partial charge in [-0.15, -0.1) is 0 Å². The van der Waals surface area contributed by atoms with Gasteiger partial charge in [-0.3, -0.25) is 0 Å². The molecule has 0 aliphatic carbocycles. The minimum Gasteiger partial charge on any atom is -0.356 e. The Morgan fingerprint density at radius 3 is 2.93 bits per heavy atom. The summed E-state index contributed by atoms with van der Waals surface area (Å²) in [5.74, 6) is 0. The van der Waals surface area contributed by atoms with E-state index in [1.165, 1.54) is 22.7 Å².